The SMILES string of the molecule is COc1ccc(Br)c(OC(=O)C(C)(C)CCC(C)(C)C)c1. The molecule has 0 aliphatic heterocycles. The van der Waals surface area contributed by atoms with Gasteiger partial charge in [-0.2, -0.15) is 0 Å². The topological polar surface area (TPSA) is 35.5 Å². The van der Waals surface area contributed by atoms with Gasteiger partial charge in [0.25, 0.3) is 0 Å². The number of carbonyl (C=O) groups is 1. The molecule has 1 rings (SSSR count). The molecule has 118 valence electrons. The summed E-state index contributed by atoms with van der Waals surface area (Å²) in [5.41, 5.74) is -0.316. The van der Waals surface area contributed by atoms with E-state index in [1.165, 1.54) is 0 Å². The molecule has 0 spiro atoms. The van der Waals surface area contributed by atoms with Crippen molar-refractivity contribution < 1.29 is 14.3 Å². The third-order valence-electron chi connectivity index (χ3n) is 3.39. The summed E-state index contributed by atoms with van der Waals surface area (Å²) in [7, 11) is 1.59. The van der Waals surface area contributed by atoms with Crippen LogP contribution in [0.2, 0.25) is 0 Å². The Bertz CT molecular complexity index is 501. The second-order valence-corrected chi connectivity index (χ2v) is 7.98. The largest absolute Gasteiger partial charge is 0.497 e. The Labute approximate surface area is 136 Å². The molecule has 21 heavy (non-hydrogen) atoms. The Morgan fingerprint density at radius 1 is 1.14 bits per heavy atom. The summed E-state index contributed by atoms with van der Waals surface area (Å²) >= 11 is 3.39. The van der Waals surface area contributed by atoms with Gasteiger partial charge in [0.2, 0.25) is 0 Å². The predicted octanol–water partition coefficient (Wildman–Crippen LogP) is 5.22. The molecule has 0 bridgehead atoms. The summed E-state index contributed by atoms with van der Waals surface area (Å²) < 4.78 is 11.4. The first-order valence-electron chi connectivity index (χ1n) is 7.11. The normalized spacial score (nSPS) is 12.1. The summed E-state index contributed by atoms with van der Waals surface area (Å²) in [6.07, 6.45) is 1.76. The Morgan fingerprint density at radius 3 is 2.29 bits per heavy atom. The monoisotopic (exact) mass is 356 g/mol. The molecule has 0 aromatic heterocycles. The van der Waals surface area contributed by atoms with Gasteiger partial charge < -0.3 is 9.47 Å². The predicted molar refractivity (Wildman–Crippen MR) is 88.8 cm³/mol. The van der Waals surface area contributed by atoms with Crippen LogP contribution < -0.4 is 9.47 Å². The van der Waals surface area contributed by atoms with Gasteiger partial charge in [0.15, 0.2) is 0 Å². The fourth-order valence-electron chi connectivity index (χ4n) is 1.72. The summed E-state index contributed by atoms with van der Waals surface area (Å²) in [6, 6.07) is 5.33. The van der Waals surface area contributed by atoms with Crippen LogP contribution in [0.3, 0.4) is 0 Å². The lowest BCUT2D eigenvalue weighted by Crippen LogP contribution is -2.30. The van der Waals surface area contributed by atoms with Gasteiger partial charge in [0.1, 0.15) is 11.5 Å². The van der Waals surface area contributed by atoms with E-state index in [1.54, 1.807) is 13.2 Å². The van der Waals surface area contributed by atoms with E-state index in [1.807, 2.05) is 26.0 Å². The Kier molecular flexibility index (Phi) is 5.85. The minimum Gasteiger partial charge on any atom is -0.497 e. The Hall–Kier alpha value is -1.03. The fourth-order valence-corrected chi connectivity index (χ4v) is 2.04. The van der Waals surface area contributed by atoms with E-state index in [9.17, 15) is 4.79 Å². The van der Waals surface area contributed by atoms with Gasteiger partial charge >= 0.3 is 5.97 Å². The van der Waals surface area contributed by atoms with Gasteiger partial charge in [-0.1, -0.05) is 20.8 Å². The molecule has 4 heteroatoms. The maximum Gasteiger partial charge on any atom is 0.316 e. The zero-order valence-corrected chi connectivity index (χ0v) is 15.3. The highest BCUT2D eigenvalue weighted by Gasteiger charge is 2.31. The molecule has 0 aliphatic carbocycles. The number of esters is 1. The zero-order valence-electron chi connectivity index (χ0n) is 13.7. The average Bonchev–Trinajstić information content (AvgIpc) is 2.38. The van der Waals surface area contributed by atoms with E-state index < -0.39 is 5.41 Å². The molecule has 0 fully saturated rings. The molecule has 0 atom stereocenters. The van der Waals surface area contributed by atoms with Crippen molar-refractivity contribution in [3.63, 3.8) is 0 Å². The minimum atomic E-state index is -0.518. The van der Waals surface area contributed by atoms with Gasteiger partial charge in [-0.25, -0.2) is 0 Å². The van der Waals surface area contributed by atoms with Crippen LogP contribution >= 0.6 is 15.9 Å². The molecule has 0 saturated heterocycles. The van der Waals surface area contributed by atoms with Crippen LogP contribution in [0.1, 0.15) is 47.5 Å². The quantitative estimate of drug-likeness (QED) is 0.536. The lowest BCUT2D eigenvalue weighted by atomic mass is 9.80. The van der Waals surface area contributed by atoms with Crippen LogP contribution in [-0.2, 0) is 4.79 Å². The van der Waals surface area contributed by atoms with E-state index in [-0.39, 0.29) is 11.4 Å². The second-order valence-electron chi connectivity index (χ2n) is 7.13. The average molecular weight is 357 g/mol. The maximum atomic E-state index is 12.4. The summed E-state index contributed by atoms with van der Waals surface area (Å²) in [5, 5.41) is 0. The Morgan fingerprint density at radius 2 is 1.76 bits per heavy atom. The number of halogens is 1. The van der Waals surface area contributed by atoms with Gasteiger partial charge in [0, 0.05) is 6.07 Å². The summed E-state index contributed by atoms with van der Waals surface area (Å²) in [4.78, 5) is 12.4. The molecular formula is C17H25BrO3. The van der Waals surface area contributed by atoms with Gasteiger partial charge in [-0.05, 0) is 60.2 Å². The van der Waals surface area contributed by atoms with Crippen molar-refractivity contribution in [2.24, 2.45) is 10.8 Å². The number of hydrogen-bond acceptors (Lipinski definition) is 3. The number of carbonyl (C=O) groups excluding carboxylic acids is 1. The molecule has 0 amide bonds. The lowest BCUT2D eigenvalue weighted by molar-refractivity contribution is -0.144. The molecule has 0 heterocycles. The van der Waals surface area contributed by atoms with E-state index in [4.69, 9.17) is 9.47 Å². The van der Waals surface area contributed by atoms with Crippen LogP contribution in [0, 0.1) is 10.8 Å². The smallest absolute Gasteiger partial charge is 0.316 e. The summed E-state index contributed by atoms with van der Waals surface area (Å²) in [5.74, 6) is 0.928. The highest BCUT2D eigenvalue weighted by Crippen LogP contribution is 2.34. The highest BCUT2D eigenvalue weighted by atomic mass is 79.9. The van der Waals surface area contributed by atoms with Crippen LogP contribution in [0.15, 0.2) is 22.7 Å². The Balaban J connectivity index is 2.80. The third-order valence-corrected chi connectivity index (χ3v) is 4.05. The van der Waals surface area contributed by atoms with Crippen LogP contribution in [0.4, 0.5) is 0 Å². The van der Waals surface area contributed by atoms with Gasteiger partial charge in [-0.3, -0.25) is 4.79 Å². The van der Waals surface area contributed by atoms with E-state index in [2.05, 4.69) is 36.7 Å². The number of benzene rings is 1. The van der Waals surface area contributed by atoms with Crippen LogP contribution in [0.5, 0.6) is 11.5 Å². The standard InChI is InChI=1S/C17H25BrO3/c1-16(2,3)9-10-17(4,5)15(19)21-14-11-12(20-6)7-8-13(14)18/h7-8,11H,9-10H2,1-6H3. The first kappa shape index (κ1) is 18.0. The lowest BCUT2D eigenvalue weighted by Gasteiger charge is -2.27. The second kappa shape index (κ2) is 6.82. The first-order valence-corrected chi connectivity index (χ1v) is 7.90. The molecular weight excluding hydrogens is 332 g/mol. The molecule has 0 aliphatic rings. The van der Waals surface area contributed by atoms with Crippen molar-refractivity contribution in [2.45, 2.75) is 47.5 Å². The van der Waals surface area contributed by atoms with Crippen molar-refractivity contribution in [3.05, 3.63) is 22.7 Å². The number of hydrogen-bond donors (Lipinski definition) is 0. The molecule has 0 saturated carbocycles. The fraction of sp³-hybridized carbons (Fsp3) is 0.588. The van der Waals surface area contributed by atoms with Gasteiger partial charge in [-0.15, -0.1) is 0 Å². The van der Waals surface area contributed by atoms with E-state index in [0.29, 0.717) is 11.5 Å². The van der Waals surface area contributed by atoms with Crippen molar-refractivity contribution in [1.29, 1.82) is 0 Å². The van der Waals surface area contributed by atoms with Crippen molar-refractivity contribution in [3.8, 4) is 11.5 Å². The van der Waals surface area contributed by atoms with Crippen molar-refractivity contribution in [2.75, 3.05) is 7.11 Å². The maximum absolute atomic E-state index is 12.4. The number of ether oxygens (including phenoxy) is 2. The van der Waals surface area contributed by atoms with E-state index in [0.717, 1.165) is 17.3 Å². The highest BCUT2D eigenvalue weighted by molar-refractivity contribution is 9.10. The number of methoxy groups -OCH3 is 1. The van der Waals surface area contributed by atoms with Crippen LogP contribution in [0.25, 0.3) is 0 Å². The third kappa shape index (κ3) is 5.70. The molecule has 1 aromatic carbocycles. The molecule has 1 aromatic rings. The number of rotatable bonds is 5. The van der Waals surface area contributed by atoms with E-state index >= 15 is 0 Å². The molecule has 0 unspecified atom stereocenters. The first-order chi connectivity index (χ1) is 9.55. The molecule has 0 N–H and O–H groups in total. The van der Waals surface area contributed by atoms with Gasteiger partial charge in [0.05, 0.1) is 17.0 Å². The molecule has 0 radical (unpaired) electrons. The zero-order chi connectivity index (χ0) is 16.3. The van der Waals surface area contributed by atoms with Crippen molar-refractivity contribution in [1.82, 2.24) is 0 Å². The molecule has 3 nitrogen and oxygen atoms in total. The van der Waals surface area contributed by atoms with Crippen molar-refractivity contribution >= 4 is 21.9 Å². The minimum absolute atomic E-state index is 0.202. The van der Waals surface area contributed by atoms with Crippen LogP contribution in [-0.4, -0.2) is 13.1 Å². The summed E-state index contributed by atoms with van der Waals surface area (Å²) in [6.45, 7) is 10.4.